The quantitative estimate of drug-likeness (QED) is 0.618. The van der Waals surface area contributed by atoms with Gasteiger partial charge in [-0.25, -0.2) is 8.42 Å². The average molecular weight is 200 g/mol. The van der Waals surface area contributed by atoms with Crippen molar-refractivity contribution in [3.63, 3.8) is 0 Å². The Hall–Kier alpha value is 0.200. The third-order valence-electron chi connectivity index (χ3n) is 1.47. The molecule has 0 aromatic carbocycles. The van der Waals surface area contributed by atoms with Gasteiger partial charge in [-0.2, -0.15) is 0 Å². The van der Waals surface area contributed by atoms with E-state index in [9.17, 15) is 8.42 Å². The molecule has 0 aliphatic carbocycles. The summed E-state index contributed by atoms with van der Waals surface area (Å²) in [7, 11) is 3.68. The summed E-state index contributed by atoms with van der Waals surface area (Å²) in [6, 6.07) is 0. The summed E-state index contributed by atoms with van der Waals surface area (Å²) in [6.45, 7) is 3.74. The predicted molar refractivity (Wildman–Crippen MR) is 47.4 cm³/mol. The Balaban J connectivity index is 3.43. The van der Waals surface area contributed by atoms with Crippen LogP contribution in [0, 0.1) is 0 Å². The first-order chi connectivity index (χ1) is 4.95. The van der Waals surface area contributed by atoms with Crippen LogP contribution in [0.1, 0.15) is 13.3 Å². The van der Waals surface area contributed by atoms with Crippen molar-refractivity contribution in [3.05, 3.63) is 0 Å². The molecule has 0 atom stereocenters. The van der Waals surface area contributed by atoms with E-state index < -0.39 is 9.05 Å². The first-order valence-electron chi connectivity index (χ1n) is 3.56. The maximum Gasteiger partial charge on any atom is 0.232 e. The Bertz CT molecular complexity index is 191. The molecule has 0 amide bonds. The van der Waals surface area contributed by atoms with Crippen molar-refractivity contribution in [3.8, 4) is 0 Å². The molecule has 0 bridgehead atoms. The first-order valence-corrected chi connectivity index (χ1v) is 6.04. The summed E-state index contributed by atoms with van der Waals surface area (Å²) in [5, 5.41) is 0. The minimum absolute atomic E-state index is 0.0683. The molecule has 0 aliphatic rings. The second-order valence-corrected chi connectivity index (χ2v) is 5.39. The van der Waals surface area contributed by atoms with Crippen LogP contribution in [0.3, 0.4) is 0 Å². The van der Waals surface area contributed by atoms with Gasteiger partial charge in [0, 0.05) is 10.7 Å². The second-order valence-electron chi connectivity index (χ2n) is 2.49. The molecule has 0 heterocycles. The average Bonchev–Trinajstić information content (AvgIpc) is 1.85. The monoisotopic (exact) mass is 199 g/mol. The van der Waals surface area contributed by atoms with Gasteiger partial charge in [-0.1, -0.05) is 6.92 Å². The highest BCUT2D eigenvalue weighted by molar-refractivity contribution is 8.13. The summed E-state index contributed by atoms with van der Waals surface area (Å²) in [4.78, 5) is 2.04. The second kappa shape index (κ2) is 4.95. The van der Waals surface area contributed by atoms with E-state index >= 15 is 0 Å². The Morgan fingerprint density at radius 1 is 1.45 bits per heavy atom. The molecule has 11 heavy (non-hydrogen) atoms. The first kappa shape index (κ1) is 11.2. The lowest BCUT2D eigenvalue weighted by Gasteiger charge is -2.11. The zero-order chi connectivity index (χ0) is 8.91. The minimum Gasteiger partial charge on any atom is -0.307 e. The maximum absolute atomic E-state index is 10.4. The zero-order valence-electron chi connectivity index (χ0n) is 6.88. The highest BCUT2D eigenvalue weighted by atomic mass is 35.7. The Kier molecular flexibility index (Phi) is 5.04. The van der Waals surface area contributed by atoms with Gasteiger partial charge in [0.2, 0.25) is 9.05 Å². The zero-order valence-corrected chi connectivity index (χ0v) is 8.45. The number of halogens is 1. The molecule has 0 fully saturated rings. The normalized spacial score (nSPS) is 12.4. The molecule has 0 N–H and O–H groups in total. The fourth-order valence-corrected chi connectivity index (χ4v) is 1.47. The third-order valence-corrected chi connectivity index (χ3v) is 2.71. The molecule has 0 rings (SSSR count). The number of nitrogens with zero attached hydrogens (tertiary/aromatic N) is 1. The Morgan fingerprint density at radius 3 is 2.36 bits per heavy atom. The van der Waals surface area contributed by atoms with Crippen molar-refractivity contribution in [1.82, 2.24) is 4.90 Å². The van der Waals surface area contributed by atoms with Gasteiger partial charge in [-0.3, -0.25) is 0 Å². The van der Waals surface area contributed by atoms with E-state index in [1.165, 1.54) is 0 Å². The van der Waals surface area contributed by atoms with Crippen molar-refractivity contribution in [2.75, 3.05) is 25.9 Å². The third kappa shape index (κ3) is 8.10. The number of hydrogen-bond donors (Lipinski definition) is 0. The van der Waals surface area contributed by atoms with Gasteiger partial charge in [0.15, 0.2) is 0 Å². The lowest BCUT2D eigenvalue weighted by Crippen LogP contribution is -2.20. The molecule has 0 spiro atoms. The summed E-state index contributed by atoms with van der Waals surface area (Å²) >= 11 is 0. The molecule has 0 saturated carbocycles. The van der Waals surface area contributed by atoms with Crippen LogP contribution in [-0.2, 0) is 9.05 Å². The standard InChI is InChI=1S/C6H14ClNO2S/c1-3-8(2)5-4-6-11(7,9)10/h3-6H2,1-2H3. The van der Waals surface area contributed by atoms with E-state index in [-0.39, 0.29) is 5.75 Å². The van der Waals surface area contributed by atoms with Crippen molar-refractivity contribution in [1.29, 1.82) is 0 Å². The van der Waals surface area contributed by atoms with Gasteiger partial charge in [0.1, 0.15) is 0 Å². The molecule has 0 aromatic heterocycles. The van der Waals surface area contributed by atoms with Crippen molar-refractivity contribution < 1.29 is 8.42 Å². The molecule has 5 heteroatoms. The summed E-state index contributed by atoms with van der Waals surface area (Å²) < 4.78 is 20.9. The topological polar surface area (TPSA) is 37.4 Å². The summed E-state index contributed by atoms with van der Waals surface area (Å²) in [5.41, 5.74) is 0. The van der Waals surface area contributed by atoms with Gasteiger partial charge in [0.25, 0.3) is 0 Å². The van der Waals surface area contributed by atoms with Crippen LogP contribution < -0.4 is 0 Å². The van der Waals surface area contributed by atoms with Crippen LogP contribution in [0.2, 0.25) is 0 Å². The van der Waals surface area contributed by atoms with E-state index in [1.54, 1.807) is 0 Å². The summed E-state index contributed by atoms with van der Waals surface area (Å²) in [6.07, 6.45) is 0.607. The maximum atomic E-state index is 10.4. The largest absolute Gasteiger partial charge is 0.307 e. The molecule has 0 radical (unpaired) electrons. The highest BCUT2D eigenvalue weighted by Gasteiger charge is 2.04. The van der Waals surface area contributed by atoms with E-state index in [0.717, 1.165) is 13.1 Å². The minimum atomic E-state index is -3.28. The number of rotatable bonds is 5. The van der Waals surface area contributed by atoms with Crippen molar-refractivity contribution >= 4 is 19.7 Å². The molecule has 0 aromatic rings. The smallest absolute Gasteiger partial charge is 0.232 e. The van der Waals surface area contributed by atoms with E-state index in [2.05, 4.69) is 0 Å². The fraction of sp³-hybridized carbons (Fsp3) is 1.00. The predicted octanol–water partition coefficient (Wildman–Crippen LogP) is 0.897. The van der Waals surface area contributed by atoms with Gasteiger partial charge < -0.3 is 4.90 Å². The van der Waals surface area contributed by atoms with Crippen LogP contribution in [-0.4, -0.2) is 39.2 Å². The van der Waals surface area contributed by atoms with Crippen molar-refractivity contribution in [2.45, 2.75) is 13.3 Å². The van der Waals surface area contributed by atoms with E-state index in [0.29, 0.717) is 6.42 Å². The van der Waals surface area contributed by atoms with E-state index in [1.807, 2.05) is 18.9 Å². The molecule has 0 aliphatic heterocycles. The SMILES string of the molecule is CCN(C)CCCS(=O)(=O)Cl. The lowest BCUT2D eigenvalue weighted by atomic mass is 10.4. The highest BCUT2D eigenvalue weighted by Crippen LogP contribution is 1.99. The van der Waals surface area contributed by atoms with Gasteiger partial charge in [-0.15, -0.1) is 0 Å². The van der Waals surface area contributed by atoms with Gasteiger partial charge in [0.05, 0.1) is 5.75 Å². The van der Waals surface area contributed by atoms with Crippen LogP contribution in [0.25, 0.3) is 0 Å². The van der Waals surface area contributed by atoms with Crippen LogP contribution in [0.15, 0.2) is 0 Å². The van der Waals surface area contributed by atoms with Crippen LogP contribution in [0.5, 0.6) is 0 Å². The molecule has 3 nitrogen and oxygen atoms in total. The lowest BCUT2D eigenvalue weighted by molar-refractivity contribution is 0.354. The van der Waals surface area contributed by atoms with E-state index in [4.69, 9.17) is 10.7 Å². The molecular formula is C6H14ClNO2S. The Morgan fingerprint density at radius 2 is 2.00 bits per heavy atom. The van der Waals surface area contributed by atoms with Gasteiger partial charge in [-0.05, 0) is 26.6 Å². The number of hydrogen-bond acceptors (Lipinski definition) is 3. The molecule has 68 valence electrons. The molecular weight excluding hydrogens is 186 g/mol. The van der Waals surface area contributed by atoms with Crippen molar-refractivity contribution in [2.24, 2.45) is 0 Å². The van der Waals surface area contributed by atoms with Gasteiger partial charge >= 0.3 is 0 Å². The summed E-state index contributed by atoms with van der Waals surface area (Å²) in [5.74, 6) is 0.0683. The Labute approximate surface area is 72.8 Å². The van der Waals surface area contributed by atoms with Crippen LogP contribution in [0.4, 0.5) is 0 Å². The molecule has 0 saturated heterocycles. The molecule has 0 unspecified atom stereocenters. The fourth-order valence-electron chi connectivity index (χ4n) is 0.665. The van der Waals surface area contributed by atoms with Crippen LogP contribution >= 0.6 is 10.7 Å².